The maximum absolute atomic E-state index is 6.57. The Morgan fingerprint density at radius 1 is 1.22 bits per heavy atom. The topological polar surface area (TPSA) is 85.4 Å². The molecule has 0 aliphatic rings. The van der Waals surface area contributed by atoms with Gasteiger partial charge in [-0.1, -0.05) is 29.8 Å². The zero-order valence-corrected chi connectivity index (χ0v) is 13.5. The van der Waals surface area contributed by atoms with Crippen molar-refractivity contribution >= 4 is 39.4 Å². The molecule has 0 aliphatic carbocycles. The maximum atomic E-state index is 6.57. The molecule has 116 valence electrons. The molecule has 0 spiro atoms. The van der Waals surface area contributed by atoms with Crippen LogP contribution in [-0.4, -0.2) is 24.7 Å². The van der Waals surface area contributed by atoms with E-state index in [9.17, 15) is 0 Å². The minimum Gasteiger partial charge on any atom is -0.383 e. The van der Waals surface area contributed by atoms with E-state index < -0.39 is 0 Å². The molecule has 3 aromatic heterocycles. The van der Waals surface area contributed by atoms with Crippen LogP contribution >= 0.6 is 11.6 Å². The molecule has 0 unspecified atom stereocenters. The fourth-order valence-corrected chi connectivity index (χ4v) is 3.10. The van der Waals surface area contributed by atoms with E-state index >= 15 is 0 Å². The van der Waals surface area contributed by atoms with E-state index in [4.69, 9.17) is 22.4 Å². The molecule has 3 N–H and O–H groups in total. The van der Waals surface area contributed by atoms with E-state index in [2.05, 4.69) is 15.0 Å². The number of anilines is 1. The zero-order valence-electron chi connectivity index (χ0n) is 12.7. The molecule has 0 amide bonds. The van der Waals surface area contributed by atoms with Gasteiger partial charge in [0.05, 0.1) is 16.1 Å². The summed E-state index contributed by atoms with van der Waals surface area (Å²) in [5, 5.41) is 6.99. The number of aromatic nitrogens is 5. The fraction of sp³-hybridized carbons (Fsp3) is 0.188. The number of benzene rings is 1. The maximum Gasteiger partial charge on any atom is 0.164 e. The predicted octanol–water partition coefficient (Wildman–Crippen LogP) is 3.79. The van der Waals surface area contributed by atoms with Gasteiger partial charge in [-0.05, 0) is 19.9 Å². The lowest BCUT2D eigenvalue weighted by Crippen LogP contribution is -2.04. The van der Waals surface area contributed by atoms with Gasteiger partial charge in [0.25, 0.3) is 0 Å². The molecule has 0 fully saturated rings. The molecule has 0 bridgehead atoms. The smallest absolute Gasteiger partial charge is 0.164 e. The molecule has 7 heteroatoms. The summed E-state index contributed by atoms with van der Waals surface area (Å²) in [4.78, 5) is 11.8. The molecule has 0 saturated carbocycles. The lowest BCUT2D eigenvalue weighted by Gasteiger charge is -2.05. The minimum absolute atomic E-state index is 0.142. The van der Waals surface area contributed by atoms with E-state index in [1.54, 1.807) is 0 Å². The number of aromatic amines is 1. The first-order chi connectivity index (χ1) is 11.1. The molecule has 4 aromatic rings. The molecule has 4 rings (SSSR count). The predicted molar refractivity (Wildman–Crippen MR) is 92.4 cm³/mol. The number of para-hydroxylation sites is 1. The Morgan fingerprint density at radius 3 is 2.74 bits per heavy atom. The average molecular weight is 327 g/mol. The summed E-state index contributed by atoms with van der Waals surface area (Å²) in [6, 6.07) is 8.00. The quantitative estimate of drug-likeness (QED) is 0.587. The molecule has 0 saturated heterocycles. The van der Waals surface area contributed by atoms with Crippen LogP contribution in [-0.2, 0) is 0 Å². The SMILES string of the molecule is CC(C)n1nc(-c2[nH]c3ccccc3c2Cl)c2c(N)ncnc21. The van der Waals surface area contributed by atoms with Crippen molar-refractivity contribution < 1.29 is 0 Å². The number of hydrogen-bond donors (Lipinski definition) is 2. The second-order valence-electron chi connectivity index (χ2n) is 5.70. The summed E-state index contributed by atoms with van der Waals surface area (Å²) < 4.78 is 1.84. The van der Waals surface area contributed by atoms with E-state index in [-0.39, 0.29) is 6.04 Å². The van der Waals surface area contributed by atoms with E-state index in [0.29, 0.717) is 22.2 Å². The number of nitrogen functional groups attached to an aromatic ring is 1. The largest absolute Gasteiger partial charge is 0.383 e. The Labute approximate surface area is 137 Å². The van der Waals surface area contributed by atoms with E-state index in [0.717, 1.165) is 22.0 Å². The summed E-state index contributed by atoms with van der Waals surface area (Å²) in [7, 11) is 0. The Balaban J connectivity index is 2.10. The van der Waals surface area contributed by atoms with Gasteiger partial charge in [-0.15, -0.1) is 0 Å². The van der Waals surface area contributed by atoms with Crippen LogP contribution in [0.1, 0.15) is 19.9 Å². The van der Waals surface area contributed by atoms with E-state index in [1.165, 1.54) is 6.33 Å². The van der Waals surface area contributed by atoms with Crippen LogP contribution in [0.2, 0.25) is 5.02 Å². The van der Waals surface area contributed by atoms with Crippen molar-refractivity contribution in [2.45, 2.75) is 19.9 Å². The monoisotopic (exact) mass is 326 g/mol. The van der Waals surface area contributed by atoms with Gasteiger partial charge in [-0.25, -0.2) is 14.6 Å². The number of nitrogens with two attached hydrogens (primary N) is 1. The first-order valence-electron chi connectivity index (χ1n) is 7.33. The molecule has 0 atom stereocenters. The van der Waals surface area contributed by atoms with Crippen LogP contribution in [0.4, 0.5) is 5.82 Å². The highest BCUT2D eigenvalue weighted by Crippen LogP contribution is 2.38. The summed E-state index contributed by atoms with van der Waals surface area (Å²) in [5.74, 6) is 0.395. The number of H-pyrrole nitrogens is 1. The van der Waals surface area contributed by atoms with Gasteiger partial charge in [0, 0.05) is 16.9 Å². The third-order valence-corrected chi connectivity index (χ3v) is 4.28. The number of fused-ring (bicyclic) bond motifs is 2. The van der Waals surface area contributed by atoms with Crippen molar-refractivity contribution in [1.29, 1.82) is 0 Å². The standard InChI is InChI=1S/C16H15ClN6/c1-8(2)23-16-11(15(18)19-7-20-16)13(22-23)14-12(17)9-5-3-4-6-10(9)21-14/h3-8,21H,1-2H3,(H2,18,19,20). The van der Waals surface area contributed by atoms with Gasteiger partial charge in [0.15, 0.2) is 5.65 Å². The number of nitrogens with one attached hydrogen (secondary N) is 1. The first kappa shape index (κ1) is 14.0. The molecular weight excluding hydrogens is 312 g/mol. The van der Waals surface area contributed by atoms with Gasteiger partial charge < -0.3 is 10.7 Å². The number of halogens is 1. The van der Waals surface area contributed by atoms with Gasteiger partial charge >= 0.3 is 0 Å². The highest BCUT2D eigenvalue weighted by atomic mass is 35.5. The third-order valence-electron chi connectivity index (χ3n) is 3.89. The van der Waals surface area contributed by atoms with Gasteiger partial charge in [-0.2, -0.15) is 5.10 Å². The van der Waals surface area contributed by atoms with Crippen molar-refractivity contribution in [3.8, 4) is 11.4 Å². The summed E-state index contributed by atoms with van der Waals surface area (Å²) in [6.45, 7) is 4.09. The molecule has 0 radical (unpaired) electrons. The van der Waals surface area contributed by atoms with Crippen molar-refractivity contribution in [3.05, 3.63) is 35.6 Å². The van der Waals surface area contributed by atoms with Gasteiger partial charge in [-0.3, -0.25) is 0 Å². The summed E-state index contributed by atoms with van der Waals surface area (Å²) >= 11 is 6.57. The Hall–Kier alpha value is -2.60. The molecule has 23 heavy (non-hydrogen) atoms. The second-order valence-corrected chi connectivity index (χ2v) is 6.08. The molecule has 6 nitrogen and oxygen atoms in total. The fourth-order valence-electron chi connectivity index (χ4n) is 2.80. The van der Waals surface area contributed by atoms with Crippen LogP contribution in [0.3, 0.4) is 0 Å². The van der Waals surface area contributed by atoms with E-state index in [1.807, 2.05) is 42.8 Å². The average Bonchev–Trinajstić information content (AvgIpc) is 3.07. The number of hydrogen-bond acceptors (Lipinski definition) is 4. The lowest BCUT2D eigenvalue weighted by molar-refractivity contribution is 0.547. The van der Waals surface area contributed by atoms with Crippen molar-refractivity contribution in [3.63, 3.8) is 0 Å². The summed E-state index contributed by atoms with van der Waals surface area (Å²) in [5.41, 5.74) is 9.16. The van der Waals surface area contributed by atoms with Crippen LogP contribution < -0.4 is 5.73 Å². The van der Waals surface area contributed by atoms with Crippen LogP contribution in [0.5, 0.6) is 0 Å². The van der Waals surface area contributed by atoms with Crippen molar-refractivity contribution in [1.82, 2.24) is 24.7 Å². The van der Waals surface area contributed by atoms with Crippen LogP contribution in [0.25, 0.3) is 33.3 Å². The summed E-state index contributed by atoms with van der Waals surface area (Å²) in [6.07, 6.45) is 1.45. The van der Waals surface area contributed by atoms with Crippen LogP contribution in [0, 0.1) is 0 Å². The Bertz CT molecular complexity index is 1030. The highest BCUT2D eigenvalue weighted by Gasteiger charge is 2.22. The molecule has 3 heterocycles. The van der Waals surface area contributed by atoms with Crippen molar-refractivity contribution in [2.24, 2.45) is 0 Å². The first-order valence-corrected chi connectivity index (χ1v) is 7.71. The van der Waals surface area contributed by atoms with Crippen molar-refractivity contribution in [2.75, 3.05) is 5.73 Å². The normalized spacial score (nSPS) is 11.8. The van der Waals surface area contributed by atoms with Gasteiger partial charge in [0.1, 0.15) is 17.8 Å². The van der Waals surface area contributed by atoms with Gasteiger partial charge in [0.2, 0.25) is 0 Å². The molecule has 1 aromatic carbocycles. The van der Waals surface area contributed by atoms with Crippen LogP contribution in [0.15, 0.2) is 30.6 Å². The number of nitrogens with zero attached hydrogens (tertiary/aromatic N) is 4. The zero-order chi connectivity index (χ0) is 16.1. The Kier molecular flexibility index (Phi) is 3.02. The molecular formula is C16H15ClN6. The highest BCUT2D eigenvalue weighted by molar-refractivity contribution is 6.38. The third kappa shape index (κ3) is 1.98. The molecule has 0 aliphatic heterocycles. The minimum atomic E-state index is 0.142. The Morgan fingerprint density at radius 2 is 2.00 bits per heavy atom. The lowest BCUT2D eigenvalue weighted by atomic mass is 10.2. The number of rotatable bonds is 2. The second kappa shape index (κ2) is 4.96.